The average Bonchev–Trinajstić information content (AvgIpc) is 2.62. The molecule has 1 aliphatic rings. The van der Waals surface area contributed by atoms with E-state index in [0.29, 0.717) is 19.6 Å². The first kappa shape index (κ1) is 22.1. The van der Waals surface area contributed by atoms with Crippen molar-refractivity contribution in [2.45, 2.75) is 38.8 Å². The van der Waals surface area contributed by atoms with Gasteiger partial charge in [0, 0.05) is 25.9 Å². The summed E-state index contributed by atoms with van der Waals surface area (Å²) in [5.41, 5.74) is 2.20. The van der Waals surface area contributed by atoms with Crippen LogP contribution in [0.25, 0.3) is 6.08 Å². The first-order chi connectivity index (χ1) is 13.3. The Balaban J connectivity index is 2.27. The van der Waals surface area contributed by atoms with Gasteiger partial charge in [-0.1, -0.05) is 36.4 Å². The molecule has 1 aliphatic heterocycles. The molecule has 3 atom stereocenters. The van der Waals surface area contributed by atoms with Crippen molar-refractivity contribution in [3.63, 3.8) is 0 Å². The van der Waals surface area contributed by atoms with Crippen LogP contribution in [0, 0.1) is 0 Å². The number of benzene rings is 1. The molecule has 0 radical (unpaired) electrons. The van der Waals surface area contributed by atoms with Crippen molar-refractivity contribution in [2.24, 2.45) is 0 Å². The molecule has 0 bridgehead atoms. The van der Waals surface area contributed by atoms with E-state index in [9.17, 15) is 14.7 Å². The summed E-state index contributed by atoms with van der Waals surface area (Å²) < 4.78 is 0. The summed E-state index contributed by atoms with van der Waals surface area (Å²) in [7, 11) is 3.74. The summed E-state index contributed by atoms with van der Waals surface area (Å²) >= 11 is 0. The summed E-state index contributed by atoms with van der Waals surface area (Å²) in [4.78, 5) is 30.2. The number of allylic oxidation sites excluding steroid dienone is 1. The van der Waals surface area contributed by atoms with Gasteiger partial charge in [0.2, 0.25) is 11.8 Å². The largest absolute Gasteiger partial charge is 0.394 e. The lowest BCUT2D eigenvalue weighted by molar-refractivity contribution is -0.152. The maximum atomic E-state index is 12.6. The molecule has 1 aromatic rings. The summed E-state index contributed by atoms with van der Waals surface area (Å²) in [5, 5.41) is 9.92. The minimum atomic E-state index is -0.252. The topological polar surface area (TPSA) is 64.1 Å². The fourth-order valence-corrected chi connectivity index (χ4v) is 4.09. The third-order valence-corrected chi connectivity index (χ3v) is 5.37. The number of rotatable bonds is 8. The zero-order valence-electron chi connectivity index (χ0n) is 17.6. The number of aliphatic hydroxyl groups is 1. The van der Waals surface area contributed by atoms with Gasteiger partial charge in [-0.15, -0.1) is 0 Å². The van der Waals surface area contributed by atoms with Gasteiger partial charge in [-0.05, 0) is 39.1 Å². The maximum absolute atomic E-state index is 12.6. The highest BCUT2D eigenvalue weighted by atomic mass is 16.3. The van der Waals surface area contributed by atoms with E-state index in [2.05, 4.69) is 12.1 Å². The molecule has 28 heavy (non-hydrogen) atoms. The van der Waals surface area contributed by atoms with E-state index in [1.165, 1.54) is 6.92 Å². The van der Waals surface area contributed by atoms with Gasteiger partial charge < -0.3 is 19.8 Å². The highest BCUT2D eigenvalue weighted by Crippen LogP contribution is 2.41. The Hall–Kier alpha value is -2.18. The van der Waals surface area contributed by atoms with Crippen molar-refractivity contribution in [3.05, 3.63) is 41.5 Å². The predicted molar refractivity (Wildman–Crippen MR) is 112 cm³/mol. The van der Waals surface area contributed by atoms with Gasteiger partial charge in [0.15, 0.2) is 0 Å². The number of carbonyl (C=O) groups is 2. The van der Waals surface area contributed by atoms with Crippen LogP contribution in [0.2, 0.25) is 0 Å². The van der Waals surface area contributed by atoms with Crippen LogP contribution in [0.5, 0.6) is 0 Å². The molecule has 1 heterocycles. The number of hydrogen-bond donors (Lipinski definition) is 1. The van der Waals surface area contributed by atoms with Crippen LogP contribution in [0.1, 0.15) is 37.8 Å². The average molecular weight is 388 g/mol. The Morgan fingerprint density at radius 3 is 2.29 bits per heavy atom. The molecule has 0 saturated carbocycles. The Morgan fingerprint density at radius 2 is 1.82 bits per heavy atom. The second-order valence-electron chi connectivity index (χ2n) is 7.61. The Kier molecular flexibility index (Phi) is 7.78. The summed E-state index contributed by atoms with van der Waals surface area (Å²) in [6.07, 6.45) is 4.02. The number of likely N-dealkylation sites (N-methyl/N-ethyl adjacent to an activating group) is 2. The molecule has 6 nitrogen and oxygen atoms in total. The Bertz CT molecular complexity index is 699. The number of likely N-dealkylation sites (tertiary alicyclic amines) is 1. The van der Waals surface area contributed by atoms with Gasteiger partial charge >= 0.3 is 0 Å². The van der Waals surface area contributed by atoms with Crippen molar-refractivity contribution < 1.29 is 14.7 Å². The number of carbonyl (C=O) groups excluding carboxylic acids is 2. The molecule has 154 valence electrons. The van der Waals surface area contributed by atoms with E-state index in [0.717, 1.165) is 11.1 Å². The van der Waals surface area contributed by atoms with Crippen molar-refractivity contribution in [1.29, 1.82) is 0 Å². The molecule has 0 spiro atoms. The first-order valence-corrected chi connectivity index (χ1v) is 9.88. The van der Waals surface area contributed by atoms with Gasteiger partial charge in [-0.25, -0.2) is 0 Å². The molecule has 0 unspecified atom stereocenters. The molecule has 0 aromatic heterocycles. The van der Waals surface area contributed by atoms with Crippen LogP contribution in [-0.4, -0.2) is 84.0 Å². The zero-order chi connectivity index (χ0) is 20.8. The van der Waals surface area contributed by atoms with Crippen LogP contribution in [-0.2, 0) is 9.59 Å². The molecule has 0 aliphatic carbocycles. The highest BCUT2D eigenvalue weighted by Gasteiger charge is 2.50. The fraction of sp³-hybridized carbons (Fsp3) is 0.545. The van der Waals surface area contributed by atoms with E-state index in [1.807, 2.05) is 57.1 Å². The van der Waals surface area contributed by atoms with Crippen LogP contribution >= 0.6 is 0 Å². The van der Waals surface area contributed by atoms with E-state index in [-0.39, 0.29) is 36.4 Å². The molecular weight excluding hydrogens is 354 g/mol. The van der Waals surface area contributed by atoms with E-state index < -0.39 is 0 Å². The Labute approximate surface area is 168 Å². The van der Waals surface area contributed by atoms with E-state index in [1.54, 1.807) is 9.80 Å². The lowest BCUT2D eigenvalue weighted by Crippen LogP contribution is -2.68. The smallest absolute Gasteiger partial charge is 0.236 e. The minimum absolute atomic E-state index is 0.00904. The van der Waals surface area contributed by atoms with Crippen molar-refractivity contribution in [2.75, 3.05) is 40.3 Å². The number of nitrogens with zero attached hydrogens (tertiary/aromatic N) is 3. The number of amides is 2. The van der Waals surface area contributed by atoms with E-state index >= 15 is 0 Å². The lowest BCUT2D eigenvalue weighted by atomic mass is 9.74. The zero-order valence-corrected chi connectivity index (χ0v) is 17.6. The summed E-state index contributed by atoms with van der Waals surface area (Å²) in [6, 6.07) is 7.83. The minimum Gasteiger partial charge on any atom is -0.394 e. The molecule has 1 fully saturated rings. The Morgan fingerprint density at radius 1 is 1.18 bits per heavy atom. The summed E-state index contributed by atoms with van der Waals surface area (Å²) in [5.74, 6) is -0.0117. The molecule has 1 saturated heterocycles. The molecule has 6 heteroatoms. The van der Waals surface area contributed by atoms with E-state index in [4.69, 9.17) is 0 Å². The quantitative estimate of drug-likeness (QED) is 0.739. The van der Waals surface area contributed by atoms with Crippen LogP contribution in [0.4, 0.5) is 0 Å². The highest BCUT2D eigenvalue weighted by molar-refractivity contribution is 5.79. The molecule has 1 aromatic carbocycles. The first-order valence-electron chi connectivity index (χ1n) is 9.88. The van der Waals surface area contributed by atoms with Crippen molar-refractivity contribution >= 4 is 17.9 Å². The fourth-order valence-electron chi connectivity index (χ4n) is 4.09. The van der Waals surface area contributed by atoms with Gasteiger partial charge in [0.05, 0.1) is 25.2 Å². The summed E-state index contributed by atoms with van der Waals surface area (Å²) in [6.45, 7) is 6.77. The number of hydrogen-bond acceptors (Lipinski definition) is 4. The van der Waals surface area contributed by atoms with Gasteiger partial charge in [-0.2, -0.15) is 0 Å². The third-order valence-electron chi connectivity index (χ3n) is 5.37. The maximum Gasteiger partial charge on any atom is 0.236 e. The van der Waals surface area contributed by atoms with Crippen molar-refractivity contribution in [1.82, 2.24) is 14.7 Å². The normalized spacial score (nSPS) is 21.8. The van der Waals surface area contributed by atoms with Crippen LogP contribution in [0.15, 0.2) is 30.3 Å². The second-order valence-corrected chi connectivity index (χ2v) is 7.61. The van der Waals surface area contributed by atoms with Gasteiger partial charge in [0.1, 0.15) is 0 Å². The van der Waals surface area contributed by atoms with Gasteiger partial charge in [0.25, 0.3) is 0 Å². The molecular formula is C22H33N3O3. The SMILES string of the molecule is C/C=C/c1ccc([C@@H]2[C@@H](CN(CC)C(=O)CN(C)C)N(C(C)=O)[C@H]2CO)cc1. The third kappa shape index (κ3) is 4.80. The predicted octanol–water partition coefficient (Wildman–Crippen LogP) is 1.80. The second kappa shape index (κ2) is 9.85. The van der Waals surface area contributed by atoms with Crippen LogP contribution in [0.3, 0.4) is 0 Å². The lowest BCUT2D eigenvalue weighted by Gasteiger charge is -2.55. The molecule has 2 rings (SSSR count). The van der Waals surface area contributed by atoms with Crippen molar-refractivity contribution in [3.8, 4) is 0 Å². The molecule has 2 amide bonds. The number of aliphatic hydroxyl groups excluding tert-OH is 1. The van der Waals surface area contributed by atoms with Crippen LogP contribution < -0.4 is 0 Å². The van der Waals surface area contributed by atoms with Gasteiger partial charge in [-0.3, -0.25) is 9.59 Å². The standard InChI is InChI=1S/C22H33N3O3/c1-6-8-17-9-11-18(12-10-17)22-19(25(16(3)27)20(22)15-26)13-24(7-2)21(28)14-23(4)5/h6,8-12,19-20,22,26H,7,13-15H2,1-5H3/b8-6+/t19-,20+,22-/m1/s1. The molecule has 1 N–H and O–H groups in total. The monoisotopic (exact) mass is 387 g/mol.